The number of rotatable bonds is 13. The van der Waals surface area contributed by atoms with E-state index in [-0.39, 0.29) is 36.4 Å². The van der Waals surface area contributed by atoms with Gasteiger partial charge in [0.25, 0.3) is 0 Å². The molecule has 3 aliphatic rings. The van der Waals surface area contributed by atoms with Gasteiger partial charge in [-0.05, 0) is 57.3 Å². The summed E-state index contributed by atoms with van der Waals surface area (Å²) in [5.74, 6) is -2.78. The van der Waals surface area contributed by atoms with Crippen LogP contribution in [-0.2, 0) is 23.9 Å². The van der Waals surface area contributed by atoms with Crippen molar-refractivity contribution in [3.05, 3.63) is 25.3 Å². The van der Waals surface area contributed by atoms with E-state index < -0.39 is 46.6 Å². The van der Waals surface area contributed by atoms with Gasteiger partial charge in [-0.15, -0.1) is 13.2 Å². The first-order valence-corrected chi connectivity index (χ1v) is 14.9. The zero-order valence-electron chi connectivity index (χ0n) is 26.0. The van der Waals surface area contributed by atoms with E-state index in [1.807, 2.05) is 39.5 Å². The minimum Gasteiger partial charge on any atom is -0.465 e. The van der Waals surface area contributed by atoms with Crippen molar-refractivity contribution in [3.8, 4) is 0 Å². The first-order chi connectivity index (χ1) is 18.6. The Balaban J connectivity index is 2.18. The number of hydrogen-bond donors (Lipinski definition) is 1. The molecular weight excluding hydrogens is 508 g/mol. The molecule has 8 nitrogen and oxygen atoms in total. The highest BCUT2D eigenvalue weighted by atomic mass is 16.6. The SMILES string of the molecule is C=CCCOC(=O)[C@@H]1[C@H]2C(=O)N([C@@H](CO)C(C)C)C(C(=O)N(CC=C)C(C)(C)CC(C)(C)C)C23CC[C@@]1(CC)O3. The maximum Gasteiger partial charge on any atom is 0.312 e. The third-order valence-electron chi connectivity index (χ3n) is 9.26. The lowest BCUT2D eigenvalue weighted by Gasteiger charge is -2.47. The molecule has 0 radical (unpaired) electrons. The standard InChI is InChI=1S/C32H52N2O6/c1-11-14-18-39-28(38)24-23-26(36)34(22(19-35)21(4)5)25(32(23)16-15-31(24,13-3)40-32)27(37)33(17-12-2)30(9,10)20-29(6,7)8/h11-12,21-25,35H,1-2,13-20H2,3-10H3/t22-,23-,24-,25?,31+,32?/m0/s1. The molecule has 3 heterocycles. The molecule has 1 spiro atoms. The summed E-state index contributed by atoms with van der Waals surface area (Å²) < 4.78 is 12.5. The predicted molar refractivity (Wildman–Crippen MR) is 155 cm³/mol. The molecule has 3 aliphatic heterocycles. The Morgan fingerprint density at radius 2 is 1.85 bits per heavy atom. The average Bonchev–Trinajstić information content (AvgIpc) is 3.45. The average molecular weight is 561 g/mol. The number of fused-ring (bicyclic) bond motifs is 1. The molecule has 0 aromatic heterocycles. The van der Waals surface area contributed by atoms with Gasteiger partial charge < -0.3 is 24.4 Å². The van der Waals surface area contributed by atoms with Crippen LogP contribution in [0.25, 0.3) is 0 Å². The maximum absolute atomic E-state index is 14.9. The summed E-state index contributed by atoms with van der Waals surface area (Å²) in [6, 6.07) is -1.57. The monoisotopic (exact) mass is 560 g/mol. The Morgan fingerprint density at radius 3 is 2.35 bits per heavy atom. The number of likely N-dealkylation sites (tertiary alicyclic amines) is 1. The lowest BCUT2D eigenvalue weighted by Crippen LogP contribution is -2.63. The summed E-state index contributed by atoms with van der Waals surface area (Å²) in [4.78, 5) is 46.3. The van der Waals surface area contributed by atoms with Gasteiger partial charge in [-0.3, -0.25) is 14.4 Å². The lowest BCUT2D eigenvalue weighted by atomic mass is 9.65. The second kappa shape index (κ2) is 11.6. The summed E-state index contributed by atoms with van der Waals surface area (Å²) in [5.41, 5.74) is -2.66. The normalized spacial score (nSPS) is 30.4. The van der Waals surface area contributed by atoms with E-state index >= 15 is 0 Å². The van der Waals surface area contributed by atoms with E-state index in [0.717, 1.165) is 6.42 Å². The van der Waals surface area contributed by atoms with Crippen LogP contribution < -0.4 is 0 Å². The van der Waals surface area contributed by atoms with Crippen molar-refractivity contribution in [1.29, 1.82) is 0 Å². The van der Waals surface area contributed by atoms with Gasteiger partial charge in [0.1, 0.15) is 17.6 Å². The molecule has 3 rings (SSSR count). The van der Waals surface area contributed by atoms with E-state index in [9.17, 15) is 19.5 Å². The van der Waals surface area contributed by atoms with Crippen molar-refractivity contribution in [3.63, 3.8) is 0 Å². The minimum absolute atomic E-state index is 0.0599. The molecule has 1 N–H and O–H groups in total. The van der Waals surface area contributed by atoms with Gasteiger partial charge in [-0.25, -0.2) is 0 Å². The molecule has 8 heteroatoms. The highest BCUT2D eigenvalue weighted by molar-refractivity contribution is 5.99. The van der Waals surface area contributed by atoms with Gasteiger partial charge in [-0.2, -0.15) is 0 Å². The van der Waals surface area contributed by atoms with Crippen LogP contribution in [-0.4, -0.2) is 81.3 Å². The van der Waals surface area contributed by atoms with E-state index in [1.165, 1.54) is 0 Å². The molecular formula is C32H52N2O6. The molecule has 40 heavy (non-hydrogen) atoms. The second-order valence-electron chi connectivity index (χ2n) is 14.1. The molecule has 3 saturated heterocycles. The highest BCUT2D eigenvalue weighted by Crippen LogP contribution is 2.65. The molecule has 2 unspecified atom stereocenters. The Bertz CT molecular complexity index is 1000. The van der Waals surface area contributed by atoms with Gasteiger partial charge in [0.2, 0.25) is 11.8 Å². The number of amides is 2. The summed E-state index contributed by atoms with van der Waals surface area (Å²) in [7, 11) is 0. The Hall–Kier alpha value is -2.19. The third-order valence-corrected chi connectivity index (χ3v) is 9.26. The minimum atomic E-state index is -1.17. The summed E-state index contributed by atoms with van der Waals surface area (Å²) in [5, 5.41) is 10.5. The molecule has 2 amide bonds. The number of nitrogens with zero attached hydrogens (tertiary/aromatic N) is 2. The van der Waals surface area contributed by atoms with Gasteiger partial charge in [0.05, 0.1) is 30.8 Å². The highest BCUT2D eigenvalue weighted by Gasteiger charge is 2.80. The molecule has 6 atom stereocenters. The zero-order valence-corrected chi connectivity index (χ0v) is 26.0. The Kier molecular flexibility index (Phi) is 9.37. The van der Waals surface area contributed by atoms with Crippen LogP contribution in [0, 0.1) is 23.2 Å². The molecule has 2 bridgehead atoms. The quantitative estimate of drug-likeness (QED) is 0.202. The number of esters is 1. The summed E-state index contributed by atoms with van der Waals surface area (Å²) >= 11 is 0. The maximum atomic E-state index is 14.9. The van der Waals surface area contributed by atoms with Crippen molar-refractivity contribution >= 4 is 17.8 Å². The second-order valence-corrected chi connectivity index (χ2v) is 14.1. The third kappa shape index (κ3) is 5.38. The van der Waals surface area contributed by atoms with Crippen LogP contribution in [0.5, 0.6) is 0 Å². The fourth-order valence-corrected chi connectivity index (χ4v) is 7.91. The van der Waals surface area contributed by atoms with Gasteiger partial charge >= 0.3 is 5.97 Å². The number of hydrogen-bond acceptors (Lipinski definition) is 6. The van der Waals surface area contributed by atoms with Crippen molar-refractivity contribution in [1.82, 2.24) is 9.80 Å². The first-order valence-electron chi connectivity index (χ1n) is 14.9. The smallest absolute Gasteiger partial charge is 0.312 e. The molecule has 0 aromatic rings. The molecule has 0 aromatic carbocycles. The van der Waals surface area contributed by atoms with Crippen LogP contribution in [0.2, 0.25) is 0 Å². The Labute approximate surface area is 241 Å². The van der Waals surface area contributed by atoms with Crippen LogP contribution in [0.3, 0.4) is 0 Å². The fraction of sp³-hybridized carbons (Fsp3) is 0.781. The fourth-order valence-electron chi connectivity index (χ4n) is 7.91. The molecule has 0 aliphatic carbocycles. The molecule has 3 fully saturated rings. The number of carbonyl (C=O) groups is 3. The Morgan fingerprint density at radius 1 is 1.20 bits per heavy atom. The largest absolute Gasteiger partial charge is 0.465 e. The summed E-state index contributed by atoms with van der Waals surface area (Å²) in [6.45, 7) is 24.1. The van der Waals surface area contributed by atoms with Crippen molar-refractivity contribution in [2.75, 3.05) is 19.8 Å². The predicted octanol–water partition coefficient (Wildman–Crippen LogP) is 4.51. The van der Waals surface area contributed by atoms with Crippen LogP contribution in [0.4, 0.5) is 0 Å². The van der Waals surface area contributed by atoms with Crippen LogP contribution in [0.15, 0.2) is 25.3 Å². The number of aliphatic hydroxyl groups excluding tert-OH is 1. The van der Waals surface area contributed by atoms with Crippen LogP contribution >= 0.6 is 0 Å². The number of carbonyl (C=O) groups excluding carboxylic acids is 3. The number of aliphatic hydroxyl groups is 1. The zero-order chi connectivity index (χ0) is 30.3. The van der Waals surface area contributed by atoms with E-state index in [4.69, 9.17) is 9.47 Å². The summed E-state index contributed by atoms with van der Waals surface area (Å²) in [6.07, 6.45) is 6.20. The van der Waals surface area contributed by atoms with Gasteiger partial charge in [0.15, 0.2) is 0 Å². The van der Waals surface area contributed by atoms with Crippen molar-refractivity contribution in [2.24, 2.45) is 23.2 Å². The van der Waals surface area contributed by atoms with E-state index in [2.05, 4.69) is 33.9 Å². The van der Waals surface area contributed by atoms with Gasteiger partial charge in [0, 0.05) is 12.1 Å². The first kappa shape index (κ1) is 32.3. The molecule has 226 valence electrons. The van der Waals surface area contributed by atoms with E-state index in [0.29, 0.717) is 32.2 Å². The van der Waals surface area contributed by atoms with E-state index in [1.54, 1.807) is 17.1 Å². The van der Waals surface area contributed by atoms with Crippen molar-refractivity contribution < 1.29 is 29.0 Å². The molecule has 0 saturated carbocycles. The van der Waals surface area contributed by atoms with Crippen molar-refractivity contribution in [2.45, 2.75) is 116 Å². The lowest BCUT2D eigenvalue weighted by molar-refractivity contribution is -0.165. The topological polar surface area (TPSA) is 96.4 Å². The number of ether oxygens (including phenoxy) is 2. The van der Waals surface area contributed by atoms with Gasteiger partial charge in [-0.1, -0.05) is 53.7 Å². The van der Waals surface area contributed by atoms with Crippen LogP contribution in [0.1, 0.15) is 87.5 Å².